The first-order valence-corrected chi connectivity index (χ1v) is 12.3. The molecular formula is C34H26O. The number of aryl methyl sites for hydroxylation is 1. The average molecular weight is 451 g/mol. The fraction of sp³-hybridized carbons (Fsp3) is 0.118. The molecule has 0 bridgehead atoms. The van der Waals surface area contributed by atoms with Crippen molar-refractivity contribution in [2.45, 2.75) is 25.4 Å². The minimum Gasteiger partial charge on any atom is -0.489 e. The van der Waals surface area contributed by atoms with Crippen molar-refractivity contribution < 1.29 is 4.74 Å². The summed E-state index contributed by atoms with van der Waals surface area (Å²) in [6.07, 6.45) is 0.869. The van der Waals surface area contributed by atoms with Crippen molar-refractivity contribution in [2.24, 2.45) is 0 Å². The molecule has 0 saturated heterocycles. The fourth-order valence-corrected chi connectivity index (χ4v) is 6.19. The largest absolute Gasteiger partial charge is 0.489 e. The van der Waals surface area contributed by atoms with E-state index in [0.717, 1.165) is 12.2 Å². The van der Waals surface area contributed by atoms with Crippen LogP contribution in [0.5, 0.6) is 5.75 Å². The second-order valence-corrected chi connectivity index (χ2v) is 9.81. The molecule has 1 heteroatoms. The summed E-state index contributed by atoms with van der Waals surface area (Å²) in [7, 11) is 0. The molecule has 1 spiro atoms. The van der Waals surface area contributed by atoms with Crippen LogP contribution in [0.25, 0.3) is 22.3 Å². The summed E-state index contributed by atoms with van der Waals surface area (Å²) in [5, 5.41) is 0. The molecule has 0 saturated carbocycles. The van der Waals surface area contributed by atoms with Crippen molar-refractivity contribution in [2.75, 3.05) is 0 Å². The molecule has 5 aromatic rings. The Kier molecular flexibility index (Phi) is 4.47. The first kappa shape index (κ1) is 20.3. The lowest BCUT2D eigenvalue weighted by Crippen LogP contribution is -2.32. The van der Waals surface area contributed by atoms with Crippen LogP contribution in [-0.4, -0.2) is 0 Å². The van der Waals surface area contributed by atoms with Gasteiger partial charge in [-0.2, -0.15) is 0 Å². The van der Waals surface area contributed by atoms with Gasteiger partial charge in [-0.1, -0.05) is 109 Å². The van der Waals surface area contributed by atoms with Crippen LogP contribution in [-0.2, 0) is 18.4 Å². The Labute approximate surface area is 206 Å². The summed E-state index contributed by atoms with van der Waals surface area (Å²) in [6, 6.07) is 42.3. The summed E-state index contributed by atoms with van der Waals surface area (Å²) in [5.41, 5.74) is 12.8. The third kappa shape index (κ3) is 3.01. The lowest BCUT2D eigenvalue weighted by molar-refractivity contribution is 0.294. The predicted octanol–water partition coefficient (Wildman–Crippen LogP) is 8.11. The highest BCUT2D eigenvalue weighted by molar-refractivity contribution is 5.84. The highest BCUT2D eigenvalue weighted by Crippen LogP contribution is 2.56. The van der Waals surface area contributed by atoms with Crippen LogP contribution in [0.2, 0.25) is 0 Å². The van der Waals surface area contributed by atoms with Gasteiger partial charge in [-0.05, 0) is 75.5 Å². The van der Waals surface area contributed by atoms with Gasteiger partial charge in [0.05, 0.1) is 5.41 Å². The predicted molar refractivity (Wildman–Crippen MR) is 143 cm³/mol. The van der Waals surface area contributed by atoms with Crippen LogP contribution < -0.4 is 4.74 Å². The van der Waals surface area contributed by atoms with Crippen LogP contribution in [0.3, 0.4) is 0 Å². The van der Waals surface area contributed by atoms with Crippen LogP contribution in [0, 0.1) is 6.92 Å². The molecule has 0 unspecified atom stereocenters. The van der Waals surface area contributed by atoms with Gasteiger partial charge in [0, 0.05) is 0 Å². The van der Waals surface area contributed by atoms with Crippen molar-refractivity contribution >= 4 is 0 Å². The molecular weight excluding hydrogens is 424 g/mol. The van der Waals surface area contributed by atoms with Gasteiger partial charge in [0.1, 0.15) is 12.4 Å². The topological polar surface area (TPSA) is 9.23 Å². The Morgan fingerprint density at radius 1 is 0.571 bits per heavy atom. The second kappa shape index (κ2) is 7.71. The van der Waals surface area contributed by atoms with Crippen LogP contribution >= 0.6 is 0 Å². The monoisotopic (exact) mass is 450 g/mol. The first-order chi connectivity index (χ1) is 17.2. The molecule has 0 radical (unpaired) electrons. The van der Waals surface area contributed by atoms with Crippen molar-refractivity contribution in [1.29, 1.82) is 0 Å². The molecule has 35 heavy (non-hydrogen) atoms. The molecule has 5 aromatic carbocycles. The summed E-state index contributed by atoms with van der Waals surface area (Å²) < 4.78 is 6.44. The van der Waals surface area contributed by atoms with E-state index in [1.807, 2.05) is 0 Å². The van der Waals surface area contributed by atoms with E-state index in [2.05, 4.69) is 122 Å². The fourth-order valence-electron chi connectivity index (χ4n) is 6.19. The van der Waals surface area contributed by atoms with E-state index in [1.165, 1.54) is 55.6 Å². The van der Waals surface area contributed by atoms with Crippen molar-refractivity contribution in [3.8, 4) is 28.0 Å². The Balaban J connectivity index is 1.53. The molecule has 0 atom stereocenters. The summed E-state index contributed by atoms with van der Waals surface area (Å²) in [4.78, 5) is 0. The lowest BCUT2D eigenvalue weighted by Gasteiger charge is -2.37. The molecule has 1 nitrogen and oxygen atoms in total. The SMILES string of the molecule is Cc1ccc(-c2ccc3c(c2)COc2ccccc2CC32c3ccccc3-c3ccccc32)cc1. The third-order valence-electron chi connectivity index (χ3n) is 7.83. The zero-order valence-electron chi connectivity index (χ0n) is 19.8. The van der Waals surface area contributed by atoms with E-state index >= 15 is 0 Å². The van der Waals surface area contributed by atoms with E-state index in [1.54, 1.807) is 0 Å². The molecule has 2 aliphatic rings. The van der Waals surface area contributed by atoms with E-state index in [-0.39, 0.29) is 5.41 Å². The van der Waals surface area contributed by atoms with E-state index in [0.29, 0.717) is 6.61 Å². The Morgan fingerprint density at radius 3 is 1.94 bits per heavy atom. The lowest BCUT2D eigenvalue weighted by atomic mass is 9.66. The van der Waals surface area contributed by atoms with Gasteiger partial charge < -0.3 is 4.74 Å². The van der Waals surface area contributed by atoms with E-state index < -0.39 is 0 Å². The molecule has 1 heterocycles. The number of ether oxygens (including phenoxy) is 1. The first-order valence-electron chi connectivity index (χ1n) is 12.3. The van der Waals surface area contributed by atoms with Gasteiger partial charge >= 0.3 is 0 Å². The van der Waals surface area contributed by atoms with Gasteiger partial charge in [0.15, 0.2) is 0 Å². The van der Waals surface area contributed by atoms with Gasteiger partial charge in [0.2, 0.25) is 0 Å². The maximum atomic E-state index is 6.44. The minimum atomic E-state index is -0.256. The third-order valence-corrected chi connectivity index (χ3v) is 7.83. The highest BCUT2D eigenvalue weighted by atomic mass is 16.5. The molecule has 0 amide bonds. The number of para-hydroxylation sites is 1. The van der Waals surface area contributed by atoms with Gasteiger partial charge in [-0.15, -0.1) is 0 Å². The summed E-state index contributed by atoms with van der Waals surface area (Å²) in [6.45, 7) is 2.69. The maximum Gasteiger partial charge on any atom is 0.123 e. The summed E-state index contributed by atoms with van der Waals surface area (Å²) in [5.74, 6) is 0.986. The molecule has 168 valence electrons. The van der Waals surface area contributed by atoms with Crippen LogP contribution in [0.4, 0.5) is 0 Å². The van der Waals surface area contributed by atoms with Crippen LogP contribution in [0.1, 0.15) is 33.4 Å². The van der Waals surface area contributed by atoms with Crippen LogP contribution in [0.15, 0.2) is 115 Å². The molecule has 0 N–H and O–H groups in total. The molecule has 7 rings (SSSR count). The zero-order valence-corrected chi connectivity index (χ0v) is 19.8. The minimum absolute atomic E-state index is 0.256. The van der Waals surface area contributed by atoms with E-state index in [4.69, 9.17) is 4.74 Å². The summed E-state index contributed by atoms with van der Waals surface area (Å²) >= 11 is 0. The number of rotatable bonds is 1. The van der Waals surface area contributed by atoms with Gasteiger partial charge in [0.25, 0.3) is 0 Å². The standard InChI is InChI=1S/C34H26O/c1-23-14-16-24(17-15-23)25-18-19-30-27(20-25)22-35-33-13-7-2-8-26(33)21-34(30)31-11-5-3-9-28(31)29-10-4-6-12-32(29)34/h2-20H,21-22H2,1H3. The van der Waals surface area contributed by atoms with E-state index in [9.17, 15) is 0 Å². The van der Waals surface area contributed by atoms with Crippen molar-refractivity contribution in [3.05, 3.63) is 149 Å². The highest BCUT2D eigenvalue weighted by Gasteiger charge is 2.46. The normalized spacial score (nSPS) is 14.7. The molecule has 1 aliphatic carbocycles. The van der Waals surface area contributed by atoms with Gasteiger partial charge in [-0.3, -0.25) is 0 Å². The average Bonchev–Trinajstić information content (AvgIpc) is 3.18. The molecule has 0 fully saturated rings. The van der Waals surface area contributed by atoms with Crippen molar-refractivity contribution in [3.63, 3.8) is 0 Å². The quantitative estimate of drug-likeness (QED) is 0.251. The zero-order chi connectivity index (χ0) is 23.4. The van der Waals surface area contributed by atoms with Crippen molar-refractivity contribution in [1.82, 2.24) is 0 Å². The van der Waals surface area contributed by atoms with Gasteiger partial charge in [-0.25, -0.2) is 0 Å². The Morgan fingerprint density at radius 2 is 1.20 bits per heavy atom. The molecule has 0 aromatic heterocycles. The number of hydrogen-bond donors (Lipinski definition) is 0. The maximum absolute atomic E-state index is 6.44. The molecule has 1 aliphatic heterocycles. The number of hydrogen-bond acceptors (Lipinski definition) is 1. The second-order valence-electron chi connectivity index (χ2n) is 9.81. The smallest absolute Gasteiger partial charge is 0.123 e. The Hall–Kier alpha value is -4.10. The number of fused-ring (bicyclic) bond motifs is 8. The Bertz CT molecular complexity index is 1530. The number of benzene rings is 5.